The quantitative estimate of drug-likeness (QED) is 0.778. The molecule has 0 aliphatic rings. The first-order chi connectivity index (χ1) is 8.16. The van der Waals surface area contributed by atoms with Crippen molar-refractivity contribution in [3.63, 3.8) is 0 Å². The minimum absolute atomic E-state index is 0.0347. The highest BCUT2D eigenvalue weighted by molar-refractivity contribution is 6.31. The number of hydrogen-bond acceptors (Lipinski definition) is 3. The van der Waals surface area contributed by atoms with Gasteiger partial charge in [0.2, 0.25) is 0 Å². The topological polar surface area (TPSA) is 52.0 Å². The number of nitrogens with zero attached hydrogens (tertiary/aromatic N) is 2. The molecule has 0 saturated heterocycles. The van der Waals surface area contributed by atoms with E-state index in [0.717, 1.165) is 0 Å². The van der Waals surface area contributed by atoms with Crippen molar-refractivity contribution in [3.05, 3.63) is 63.8 Å². The molecule has 1 aromatic heterocycles. The van der Waals surface area contributed by atoms with Gasteiger partial charge in [0.25, 0.3) is 5.56 Å². The summed E-state index contributed by atoms with van der Waals surface area (Å²) >= 11 is 5.79. The van der Waals surface area contributed by atoms with Gasteiger partial charge in [0, 0.05) is 22.8 Å². The molecular formula is C12H9ClN2O2. The second-order valence-corrected chi connectivity index (χ2v) is 3.92. The first-order valence-electron chi connectivity index (χ1n) is 4.96. The number of halogens is 1. The number of aromatic nitrogens is 2. The van der Waals surface area contributed by atoms with Crippen molar-refractivity contribution < 1.29 is 4.79 Å². The summed E-state index contributed by atoms with van der Waals surface area (Å²) in [7, 11) is 0. The third-order valence-electron chi connectivity index (χ3n) is 2.25. The fourth-order valence-corrected chi connectivity index (χ4v) is 1.60. The van der Waals surface area contributed by atoms with Crippen LogP contribution < -0.4 is 5.56 Å². The minimum Gasteiger partial charge on any atom is -0.292 e. The molecule has 5 heteroatoms. The number of hydrogen-bond donors (Lipinski definition) is 0. The van der Waals surface area contributed by atoms with Crippen molar-refractivity contribution in [3.8, 4) is 0 Å². The normalized spacial score (nSPS) is 10.2. The lowest BCUT2D eigenvalue weighted by Gasteiger charge is -2.03. The molecule has 0 saturated carbocycles. The van der Waals surface area contributed by atoms with Crippen LogP contribution in [0.5, 0.6) is 0 Å². The summed E-state index contributed by atoms with van der Waals surface area (Å²) in [4.78, 5) is 27.1. The molecule has 0 atom stereocenters. The molecule has 0 radical (unpaired) electrons. The third kappa shape index (κ3) is 2.79. The van der Waals surface area contributed by atoms with Crippen molar-refractivity contribution in [1.82, 2.24) is 9.55 Å². The van der Waals surface area contributed by atoms with Gasteiger partial charge in [-0.25, -0.2) is 4.98 Å². The Balaban J connectivity index is 2.23. The second kappa shape index (κ2) is 4.93. The van der Waals surface area contributed by atoms with E-state index in [2.05, 4.69) is 4.98 Å². The predicted octanol–water partition coefficient (Wildman–Crippen LogP) is 1.78. The van der Waals surface area contributed by atoms with E-state index in [9.17, 15) is 9.59 Å². The summed E-state index contributed by atoms with van der Waals surface area (Å²) in [6.45, 7) is -0.0347. The standard InChI is InChI=1S/C12H9ClN2O2/c13-10-3-1-2-9(6-10)11(16)7-15-8-14-5-4-12(15)17/h1-6,8H,7H2. The van der Waals surface area contributed by atoms with Crippen molar-refractivity contribution in [2.24, 2.45) is 0 Å². The van der Waals surface area contributed by atoms with Crippen molar-refractivity contribution in [2.75, 3.05) is 0 Å². The highest BCUT2D eigenvalue weighted by Crippen LogP contribution is 2.11. The summed E-state index contributed by atoms with van der Waals surface area (Å²) < 4.78 is 1.25. The van der Waals surface area contributed by atoms with Crippen molar-refractivity contribution in [2.45, 2.75) is 6.54 Å². The van der Waals surface area contributed by atoms with Crippen LogP contribution in [-0.4, -0.2) is 15.3 Å². The maximum Gasteiger partial charge on any atom is 0.253 e. The number of carbonyl (C=O) groups is 1. The predicted molar refractivity (Wildman–Crippen MR) is 64.3 cm³/mol. The van der Waals surface area contributed by atoms with Crippen molar-refractivity contribution >= 4 is 17.4 Å². The maximum atomic E-state index is 11.9. The monoisotopic (exact) mass is 248 g/mol. The van der Waals surface area contributed by atoms with Gasteiger partial charge in [-0.2, -0.15) is 0 Å². The van der Waals surface area contributed by atoms with Gasteiger partial charge in [0.15, 0.2) is 5.78 Å². The Morgan fingerprint density at radius 3 is 2.88 bits per heavy atom. The van der Waals surface area contributed by atoms with Crippen LogP contribution in [0, 0.1) is 0 Å². The highest BCUT2D eigenvalue weighted by Gasteiger charge is 2.07. The van der Waals surface area contributed by atoms with Crippen LogP contribution >= 0.6 is 11.6 Å². The van der Waals surface area contributed by atoms with Crippen LogP contribution in [0.4, 0.5) is 0 Å². The van der Waals surface area contributed by atoms with E-state index in [1.165, 1.54) is 23.2 Å². The van der Waals surface area contributed by atoms with Crippen LogP contribution in [-0.2, 0) is 6.54 Å². The highest BCUT2D eigenvalue weighted by atomic mass is 35.5. The molecule has 0 N–H and O–H groups in total. The number of Topliss-reactive ketones (excluding diaryl/α,β-unsaturated/α-hetero) is 1. The van der Waals surface area contributed by atoms with Crippen LogP contribution in [0.3, 0.4) is 0 Å². The molecule has 0 amide bonds. The number of ketones is 1. The van der Waals surface area contributed by atoms with E-state index >= 15 is 0 Å². The zero-order valence-corrected chi connectivity index (χ0v) is 9.59. The Kier molecular flexibility index (Phi) is 3.35. The summed E-state index contributed by atoms with van der Waals surface area (Å²) in [6, 6.07) is 7.93. The molecule has 0 aliphatic heterocycles. The van der Waals surface area contributed by atoms with E-state index < -0.39 is 0 Å². The van der Waals surface area contributed by atoms with Gasteiger partial charge in [-0.15, -0.1) is 0 Å². The summed E-state index contributed by atoms with van der Waals surface area (Å²) in [5.74, 6) is -0.178. The summed E-state index contributed by atoms with van der Waals surface area (Å²) in [5, 5.41) is 0.495. The Morgan fingerprint density at radius 1 is 1.35 bits per heavy atom. The number of benzene rings is 1. The van der Waals surface area contributed by atoms with Gasteiger partial charge < -0.3 is 0 Å². The molecule has 0 spiro atoms. The number of rotatable bonds is 3. The lowest BCUT2D eigenvalue weighted by atomic mass is 10.1. The third-order valence-corrected chi connectivity index (χ3v) is 2.49. The van der Waals surface area contributed by atoms with Crippen LogP contribution in [0.1, 0.15) is 10.4 Å². The first kappa shape index (κ1) is 11.5. The van der Waals surface area contributed by atoms with Crippen LogP contribution in [0.15, 0.2) is 47.7 Å². The average molecular weight is 249 g/mol. The summed E-state index contributed by atoms with van der Waals surface area (Å²) in [5.41, 5.74) is 0.226. The molecule has 2 rings (SSSR count). The maximum absolute atomic E-state index is 11.9. The largest absolute Gasteiger partial charge is 0.292 e. The van der Waals surface area contributed by atoms with E-state index in [1.54, 1.807) is 24.3 Å². The van der Waals surface area contributed by atoms with E-state index in [1.807, 2.05) is 0 Å². The van der Waals surface area contributed by atoms with E-state index in [4.69, 9.17) is 11.6 Å². The Hall–Kier alpha value is -1.94. The van der Waals surface area contributed by atoms with Gasteiger partial charge in [-0.3, -0.25) is 14.2 Å². The Bertz CT molecular complexity index is 607. The molecule has 86 valence electrons. The molecule has 1 aromatic carbocycles. The SMILES string of the molecule is O=C(Cn1cnccc1=O)c1cccc(Cl)c1. The molecule has 17 heavy (non-hydrogen) atoms. The molecule has 0 bridgehead atoms. The van der Waals surface area contributed by atoms with E-state index in [-0.39, 0.29) is 17.9 Å². The van der Waals surface area contributed by atoms with Gasteiger partial charge in [0.1, 0.15) is 0 Å². The average Bonchev–Trinajstić information content (AvgIpc) is 2.32. The zero-order chi connectivity index (χ0) is 12.3. The lowest BCUT2D eigenvalue weighted by Crippen LogP contribution is -2.23. The van der Waals surface area contributed by atoms with Crippen LogP contribution in [0.25, 0.3) is 0 Å². The fraction of sp³-hybridized carbons (Fsp3) is 0.0833. The van der Waals surface area contributed by atoms with Gasteiger partial charge >= 0.3 is 0 Å². The summed E-state index contributed by atoms with van der Waals surface area (Å²) in [6.07, 6.45) is 2.73. The molecule has 2 aromatic rings. The van der Waals surface area contributed by atoms with Gasteiger partial charge in [-0.1, -0.05) is 23.7 Å². The van der Waals surface area contributed by atoms with E-state index in [0.29, 0.717) is 10.6 Å². The molecule has 0 unspecified atom stereocenters. The zero-order valence-electron chi connectivity index (χ0n) is 8.84. The Morgan fingerprint density at radius 2 is 2.18 bits per heavy atom. The molecular weight excluding hydrogens is 240 g/mol. The first-order valence-corrected chi connectivity index (χ1v) is 5.34. The molecule has 0 aliphatic carbocycles. The van der Waals surface area contributed by atoms with Gasteiger partial charge in [0.05, 0.1) is 12.9 Å². The van der Waals surface area contributed by atoms with Gasteiger partial charge in [-0.05, 0) is 12.1 Å². The molecule has 1 heterocycles. The molecule has 4 nitrogen and oxygen atoms in total. The lowest BCUT2D eigenvalue weighted by molar-refractivity contribution is 0.0970. The fourth-order valence-electron chi connectivity index (χ4n) is 1.41. The van der Waals surface area contributed by atoms with Crippen LogP contribution in [0.2, 0.25) is 5.02 Å². The minimum atomic E-state index is -0.254. The smallest absolute Gasteiger partial charge is 0.253 e. The number of carbonyl (C=O) groups excluding carboxylic acids is 1. The Labute approximate surface area is 102 Å². The molecule has 0 fully saturated rings. The second-order valence-electron chi connectivity index (χ2n) is 3.48. The van der Waals surface area contributed by atoms with Crippen molar-refractivity contribution in [1.29, 1.82) is 0 Å².